The van der Waals surface area contributed by atoms with Gasteiger partial charge in [0.1, 0.15) is 5.03 Å². The van der Waals surface area contributed by atoms with Crippen LogP contribution in [-0.4, -0.2) is 52.1 Å². The quantitative estimate of drug-likeness (QED) is 0.404. The lowest BCUT2D eigenvalue weighted by atomic mass is 10.2. The Morgan fingerprint density at radius 2 is 1.61 bits per heavy atom. The number of aromatic nitrogens is 3. The number of halogens is 1. The number of rotatable bonds is 5. The molecule has 2 aromatic heterocycles. The van der Waals surface area contributed by atoms with Crippen molar-refractivity contribution in [3.63, 3.8) is 0 Å². The van der Waals surface area contributed by atoms with E-state index in [0.29, 0.717) is 0 Å². The van der Waals surface area contributed by atoms with Gasteiger partial charge in [-0.15, -0.1) is 24.2 Å². The summed E-state index contributed by atoms with van der Waals surface area (Å²) in [6.45, 7) is 5.19. The molecule has 4 aromatic rings. The predicted octanol–water partition coefficient (Wildman–Crippen LogP) is 4.89. The zero-order chi connectivity index (χ0) is 20.3. The smallest absolute Gasteiger partial charge is 0.126 e. The van der Waals surface area contributed by atoms with Gasteiger partial charge in [0.15, 0.2) is 0 Å². The van der Waals surface area contributed by atoms with Crippen LogP contribution in [0.1, 0.15) is 5.56 Å². The molecule has 0 saturated carbocycles. The van der Waals surface area contributed by atoms with Gasteiger partial charge in [-0.2, -0.15) is 5.10 Å². The number of hydrogen-bond donors (Lipinski definition) is 0. The summed E-state index contributed by atoms with van der Waals surface area (Å²) in [5.74, 6) is 0. The van der Waals surface area contributed by atoms with Gasteiger partial charge in [-0.25, -0.2) is 4.68 Å². The molecule has 0 N–H and O–H groups in total. The Kier molecular flexibility index (Phi) is 6.80. The minimum atomic E-state index is 0. The van der Waals surface area contributed by atoms with E-state index in [-0.39, 0.29) is 12.4 Å². The summed E-state index contributed by atoms with van der Waals surface area (Å²) in [7, 11) is 0. The van der Waals surface area contributed by atoms with Crippen molar-refractivity contribution in [2.24, 2.45) is 0 Å². The minimum absolute atomic E-state index is 0. The number of nitrogens with zero attached hydrogens (tertiary/aromatic N) is 5. The average Bonchev–Trinajstić information content (AvgIpc) is 3.19. The second kappa shape index (κ2) is 9.73. The summed E-state index contributed by atoms with van der Waals surface area (Å²) in [5.41, 5.74) is 4.87. The van der Waals surface area contributed by atoms with Crippen LogP contribution in [0.25, 0.3) is 16.6 Å². The normalized spacial score (nSPS) is 14.5. The van der Waals surface area contributed by atoms with E-state index in [2.05, 4.69) is 80.3 Å². The van der Waals surface area contributed by atoms with Gasteiger partial charge in [-0.05, 0) is 54.3 Å². The second-order valence-corrected chi connectivity index (χ2v) is 8.37. The number of anilines is 1. The molecule has 0 bridgehead atoms. The summed E-state index contributed by atoms with van der Waals surface area (Å²) >= 11 is 1.70. The third-order valence-electron chi connectivity index (χ3n) is 5.72. The fraction of sp³-hybridized carbons (Fsp3) is 0.250. The van der Waals surface area contributed by atoms with Gasteiger partial charge in [-0.3, -0.25) is 9.88 Å². The highest BCUT2D eigenvalue weighted by Gasteiger charge is 2.19. The number of pyridine rings is 1. The third-order valence-corrected chi connectivity index (χ3v) is 6.41. The van der Waals surface area contributed by atoms with Crippen molar-refractivity contribution in [3.8, 4) is 5.69 Å². The monoisotopic (exact) mass is 451 g/mol. The minimum Gasteiger partial charge on any atom is -0.369 e. The van der Waals surface area contributed by atoms with Crippen molar-refractivity contribution < 1.29 is 0 Å². The van der Waals surface area contributed by atoms with Crippen molar-refractivity contribution in [2.45, 2.75) is 11.6 Å². The molecule has 5 nitrogen and oxygen atoms in total. The summed E-state index contributed by atoms with van der Waals surface area (Å²) < 4.78 is 2.07. The summed E-state index contributed by atoms with van der Waals surface area (Å²) in [6.07, 6.45) is 5.84. The van der Waals surface area contributed by atoms with Gasteiger partial charge in [0.25, 0.3) is 0 Å². The lowest BCUT2D eigenvalue weighted by Gasteiger charge is -2.36. The number of piperazine rings is 1. The highest BCUT2D eigenvalue weighted by Crippen LogP contribution is 2.31. The molecule has 1 saturated heterocycles. The molecule has 160 valence electrons. The Morgan fingerprint density at radius 3 is 2.32 bits per heavy atom. The Hall–Kier alpha value is -2.54. The van der Waals surface area contributed by atoms with Crippen LogP contribution in [-0.2, 0) is 6.54 Å². The van der Waals surface area contributed by atoms with Gasteiger partial charge in [0, 0.05) is 56.2 Å². The van der Waals surface area contributed by atoms with Crippen LogP contribution in [0, 0.1) is 0 Å². The van der Waals surface area contributed by atoms with E-state index >= 15 is 0 Å². The predicted molar refractivity (Wildman–Crippen MR) is 132 cm³/mol. The number of para-hydroxylation sites is 1. The maximum Gasteiger partial charge on any atom is 0.126 e. The van der Waals surface area contributed by atoms with Crippen molar-refractivity contribution >= 4 is 40.8 Å². The van der Waals surface area contributed by atoms with Crippen LogP contribution in [0.2, 0.25) is 0 Å². The lowest BCUT2D eigenvalue weighted by molar-refractivity contribution is 0.250. The molecule has 2 aromatic carbocycles. The maximum absolute atomic E-state index is 4.87. The molecule has 5 rings (SSSR count). The second-order valence-electron chi connectivity index (χ2n) is 7.58. The first-order valence-corrected chi connectivity index (χ1v) is 11.5. The van der Waals surface area contributed by atoms with Crippen molar-refractivity contribution in [1.82, 2.24) is 19.7 Å². The van der Waals surface area contributed by atoms with Crippen LogP contribution in [0.5, 0.6) is 0 Å². The highest BCUT2D eigenvalue weighted by atomic mass is 35.5. The molecule has 0 radical (unpaired) electrons. The van der Waals surface area contributed by atoms with E-state index in [9.17, 15) is 0 Å². The molecule has 0 unspecified atom stereocenters. The first-order valence-electron chi connectivity index (χ1n) is 10.3. The molecular formula is C24H26ClN5S. The van der Waals surface area contributed by atoms with E-state index in [1.807, 2.05) is 18.5 Å². The van der Waals surface area contributed by atoms with Crippen LogP contribution in [0.15, 0.2) is 78.1 Å². The van der Waals surface area contributed by atoms with Crippen LogP contribution >= 0.6 is 24.2 Å². The van der Waals surface area contributed by atoms with Gasteiger partial charge in [0.2, 0.25) is 0 Å². The number of thioether (sulfide) groups is 1. The highest BCUT2D eigenvalue weighted by molar-refractivity contribution is 7.98. The first kappa shape index (κ1) is 21.7. The Balaban J connectivity index is 0.00000231. The van der Waals surface area contributed by atoms with Crippen molar-refractivity contribution in [2.75, 3.05) is 37.3 Å². The number of fused-ring (bicyclic) bond motifs is 1. The van der Waals surface area contributed by atoms with Crippen molar-refractivity contribution in [1.29, 1.82) is 0 Å². The standard InChI is InChI=1S/C24H25N5S.ClH/c1-30-24-22-8-7-21(17-23(22)29(26-24)20-5-3-2-4-6-20)28-15-13-27(14-16-28)18-19-9-11-25-12-10-19;/h2-12,17H,13-16,18H2,1H3;1H. The van der Waals surface area contributed by atoms with Gasteiger partial charge in [-0.1, -0.05) is 18.2 Å². The molecule has 3 heterocycles. The zero-order valence-corrected chi connectivity index (χ0v) is 19.1. The van der Waals surface area contributed by atoms with Gasteiger partial charge in [0.05, 0.1) is 11.2 Å². The third kappa shape index (κ3) is 4.56. The number of hydrogen-bond acceptors (Lipinski definition) is 5. The molecule has 0 atom stereocenters. The Labute approximate surface area is 193 Å². The van der Waals surface area contributed by atoms with E-state index in [1.54, 1.807) is 11.8 Å². The molecule has 1 fully saturated rings. The largest absolute Gasteiger partial charge is 0.369 e. The summed E-state index contributed by atoms with van der Waals surface area (Å²) in [5, 5.41) is 7.16. The molecule has 0 spiro atoms. The molecule has 1 aliphatic heterocycles. The topological polar surface area (TPSA) is 37.2 Å². The molecule has 0 amide bonds. The van der Waals surface area contributed by atoms with Crippen molar-refractivity contribution in [3.05, 3.63) is 78.6 Å². The van der Waals surface area contributed by atoms with E-state index in [1.165, 1.54) is 22.2 Å². The fourth-order valence-electron chi connectivity index (χ4n) is 4.10. The Bertz CT molecular complexity index is 1120. The van der Waals surface area contributed by atoms with E-state index in [4.69, 9.17) is 5.10 Å². The van der Waals surface area contributed by atoms with Crippen LogP contribution < -0.4 is 4.90 Å². The molecule has 0 aliphatic carbocycles. The average molecular weight is 452 g/mol. The van der Waals surface area contributed by atoms with Crippen LogP contribution in [0.4, 0.5) is 5.69 Å². The number of benzene rings is 2. The van der Waals surface area contributed by atoms with Gasteiger partial charge >= 0.3 is 0 Å². The fourth-order valence-corrected chi connectivity index (χ4v) is 4.65. The van der Waals surface area contributed by atoms with Gasteiger partial charge < -0.3 is 4.90 Å². The lowest BCUT2D eigenvalue weighted by Crippen LogP contribution is -2.45. The van der Waals surface area contributed by atoms with Crippen LogP contribution in [0.3, 0.4) is 0 Å². The summed E-state index contributed by atoms with van der Waals surface area (Å²) in [6, 6.07) is 21.4. The maximum atomic E-state index is 4.87. The SMILES string of the molecule is CSc1nn(-c2ccccc2)c2cc(N3CCN(Cc4ccncc4)CC3)ccc12.Cl. The molecule has 7 heteroatoms. The Morgan fingerprint density at radius 1 is 0.871 bits per heavy atom. The molecular weight excluding hydrogens is 426 g/mol. The van der Waals surface area contributed by atoms with E-state index < -0.39 is 0 Å². The molecule has 31 heavy (non-hydrogen) atoms. The molecule has 1 aliphatic rings. The summed E-state index contributed by atoms with van der Waals surface area (Å²) in [4.78, 5) is 9.12. The van der Waals surface area contributed by atoms with E-state index in [0.717, 1.165) is 43.4 Å². The zero-order valence-electron chi connectivity index (χ0n) is 17.5. The first-order chi connectivity index (χ1) is 14.8.